The third kappa shape index (κ3) is 4.42. The normalized spacial score (nSPS) is 10.8. The van der Waals surface area contributed by atoms with Gasteiger partial charge in [-0.15, -0.1) is 0 Å². The van der Waals surface area contributed by atoms with E-state index >= 15 is 0 Å². The SMILES string of the molecule is CCOc1ccc(/C=C(/C#N)C(=O)c2ccccc2OC)cc1OCC. The number of carbonyl (C=O) groups excluding carboxylic acids is 1. The van der Waals surface area contributed by atoms with E-state index in [9.17, 15) is 10.1 Å². The van der Waals surface area contributed by atoms with Crippen molar-refractivity contribution in [2.45, 2.75) is 13.8 Å². The quantitative estimate of drug-likeness (QED) is 0.403. The van der Waals surface area contributed by atoms with Crippen molar-refractivity contribution in [3.05, 3.63) is 59.2 Å². The van der Waals surface area contributed by atoms with Crippen LogP contribution in [-0.2, 0) is 0 Å². The van der Waals surface area contributed by atoms with Gasteiger partial charge in [-0.1, -0.05) is 18.2 Å². The topological polar surface area (TPSA) is 68.5 Å². The van der Waals surface area contributed by atoms with Gasteiger partial charge in [0.1, 0.15) is 17.4 Å². The number of benzene rings is 2. The van der Waals surface area contributed by atoms with Crippen molar-refractivity contribution < 1.29 is 19.0 Å². The van der Waals surface area contributed by atoms with Gasteiger partial charge >= 0.3 is 0 Å². The van der Waals surface area contributed by atoms with E-state index in [0.717, 1.165) is 0 Å². The lowest BCUT2D eigenvalue weighted by molar-refractivity contribution is 0.103. The van der Waals surface area contributed by atoms with Crippen LogP contribution in [0.2, 0.25) is 0 Å². The van der Waals surface area contributed by atoms with E-state index in [2.05, 4.69) is 0 Å². The highest BCUT2D eigenvalue weighted by Crippen LogP contribution is 2.30. The Morgan fingerprint density at radius 3 is 2.38 bits per heavy atom. The molecule has 0 unspecified atom stereocenters. The van der Waals surface area contributed by atoms with E-state index in [4.69, 9.17) is 14.2 Å². The van der Waals surface area contributed by atoms with E-state index in [-0.39, 0.29) is 5.57 Å². The summed E-state index contributed by atoms with van der Waals surface area (Å²) in [6.45, 7) is 4.77. The maximum absolute atomic E-state index is 12.7. The molecule has 0 aliphatic carbocycles. The number of allylic oxidation sites excluding steroid dienone is 1. The first-order valence-corrected chi connectivity index (χ1v) is 8.33. The first-order chi connectivity index (χ1) is 12.6. The average molecular weight is 351 g/mol. The van der Waals surface area contributed by atoms with Gasteiger partial charge in [-0.25, -0.2) is 0 Å². The van der Waals surface area contributed by atoms with E-state index in [1.165, 1.54) is 13.2 Å². The number of nitriles is 1. The predicted octanol–water partition coefficient (Wildman–Crippen LogP) is 4.28. The Morgan fingerprint density at radius 2 is 1.73 bits per heavy atom. The fourth-order valence-electron chi connectivity index (χ4n) is 2.45. The molecular formula is C21H21NO4. The van der Waals surface area contributed by atoms with Crippen LogP contribution in [0.5, 0.6) is 17.2 Å². The Labute approximate surface area is 153 Å². The van der Waals surface area contributed by atoms with E-state index < -0.39 is 5.78 Å². The molecule has 0 bridgehead atoms. The van der Waals surface area contributed by atoms with E-state index in [1.807, 2.05) is 19.9 Å². The molecule has 26 heavy (non-hydrogen) atoms. The molecule has 134 valence electrons. The molecule has 0 amide bonds. The molecule has 0 saturated heterocycles. The third-order valence-electron chi connectivity index (χ3n) is 3.60. The highest BCUT2D eigenvalue weighted by Gasteiger charge is 2.17. The largest absolute Gasteiger partial charge is 0.496 e. The maximum Gasteiger partial charge on any atom is 0.207 e. The molecule has 0 spiro atoms. The number of methoxy groups -OCH3 is 1. The zero-order chi connectivity index (χ0) is 18.9. The molecule has 0 heterocycles. The molecule has 2 aromatic carbocycles. The number of hydrogen-bond acceptors (Lipinski definition) is 5. The first-order valence-electron chi connectivity index (χ1n) is 8.33. The molecule has 0 saturated carbocycles. The van der Waals surface area contributed by atoms with Gasteiger partial charge in [-0.2, -0.15) is 5.26 Å². The van der Waals surface area contributed by atoms with Gasteiger partial charge in [0.2, 0.25) is 5.78 Å². The number of rotatable bonds is 8. The summed E-state index contributed by atoms with van der Waals surface area (Å²) in [7, 11) is 1.49. The minimum atomic E-state index is -0.392. The van der Waals surface area contributed by atoms with Gasteiger partial charge in [0, 0.05) is 0 Å². The van der Waals surface area contributed by atoms with Crippen molar-refractivity contribution in [1.82, 2.24) is 0 Å². The lowest BCUT2D eigenvalue weighted by Crippen LogP contribution is -2.04. The van der Waals surface area contributed by atoms with Crippen molar-refractivity contribution in [3.8, 4) is 23.3 Å². The van der Waals surface area contributed by atoms with Crippen molar-refractivity contribution in [2.75, 3.05) is 20.3 Å². The highest BCUT2D eigenvalue weighted by atomic mass is 16.5. The number of ketones is 1. The van der Waals surface area contributed by atoms with Gasteiger partial charge in [0.05, 0.1) is 25.9 Å². The summed E-state index contributed by atoms with van der Waals surface area (Å²) in [6.07, 6.45) is 1.53. The third-order valence-corrected chi connectivity index (χ3v) is 3.60. The molecule has 0 atom stereocenters. The summed E-state index contributed by atoms with van der Waals surface area (Å²) in [5, 5.41) is 9.46. The van der Waals surface area contributed by atoms with Gasteiger partial charge in [-0.3, -0.25) is 4.79 Å². The number of hydrogen-bond donors (Lipinski definition) is 0. The van der Waals surface area contributed by atoms with Gasteiger partial charge in [-0.05, 0) is 49.8 Å². The fourth-order valence-corrected chi connectivity index (χ4v) is 2.45. The van der Waals surface area contributed by atoms with E-state index in [1.54, 1.807) is 42.5 Å². The molecule has 5 heteroatoms. The maximum atomic E-state index is 12.7. The van der Waals surface area contributed by atoms with Crippen molar-refractivity contribution in [3.63, 3.8) is 0 Å². The summed E-state index contributed by atoms with van der Waals surface area (Å²) in [5.41, 5.74) is 1.04. The molecule has 2 aromatic rings. The lowest BCUT2D eigenvalue weighted by atomic mass is 10.0. The zero-order valence-electron chi connectivity index (χ0n) is 15.1. The fraction of sp³-hybridized carbons (Fsp3) is 0.238. The van der Waals surface area contributed by atoms with Crippen LogP contribution in [0.15, 0.2) is 48.0 Å². The van der Waals surface area contributed by atoms with Crippen molar-refractivity contribution in [1.29, 1.82) is 5.26 Å². The molecule has 5 nitrogen and oxygen atoms in total. The average Bonchev–Trinajstić information content (AvgIpc) is 2.67. The molecular weight excluding hydrogens is 330 g/mol. The Bertz CT molecular complexity index is 849. The summed E-state index contributed by atoms with van der Waals surface area (Å²) in [5.74, 6) is 1.24. The van der Waals surface area contributed by atoms with Crippen LogP contribution >= 0.6 is 0 Å². The standard InChI is InChI=1S/C21H21NO4/c1-4-25-19-11-10-15(13-20(19)26-5-2)12-16(14-22)21(23)17-8-6-7-9-18(17)24-3/h6-13H,4-5H2,1-3H3/b16-12-. The van der Waals surface area contributed by atoms with Gasteiger partial charge < -0.3 is 14.2 Å². The summed E-state index contributed by atoms with van der Waals surface area (Å²) < 4.78 is 16.3. The number of para-hydroxylation sites is 1. The van der Waals surface area contributed by atoms with Crippen molar-refractivity contribution in [2.24, 2.45) is 0 Å². The highest BCUT2D eigenvalue weighted by molar-refractivity contribution is 6.15. The van der Waals surface area contributed by atoms with Gasteiger partial charge in [0.15, 0.2) is 11.5 Å². The zero-order valence-corrected chi connectivity index (χ0v) is 15.1. The molecule has 0 fully saturated rings. The van der Waals surface area contributed by atoms with Crippen LogP contribution in [-0.4, -0.2) is 26.1 Å². The van der Waals surface area contributed by atoms with Crippen LogP contribution in [0.1, 0.15) is 29.8 Å². The van der Waals surface area contributed by atoms with Crippen LogP contribution in [0, 0.1) is 11.3 Å². The second kappa shape index (κ2) is 9.28. The minimum absolute atomic E-state index is 0.0149. The monoisotopic (exact) mass is 351 g/mol. The molecule has 0 N–H and O–H groups in total. The Kier molecular flexibility index (Phi) is 6.81. The summed E-state index contributed by atoms with van der Waals surface area (Å²) in [4.78, 5) is 12.7. The Morgan fingerprint density at radius 1 is 1.04 bits per heavy atom. The molecule has 0 aliphatic rings. The van der Waals surface area contributed by atoms with Gasteiger partial charge in [0.25, 0.3) is 0 Å². The molecule has 0 aromatic heterocycles. The smallest absolute Gasteiger partial charge is 0.207 e. The van der Waals surface area contributed by atoms with Crippen LogP contribution in [0.25, 0.3) is 6.08 Å². The Hall–Kier alpha value is -3.26. The number of carbonyl (C=O) groups is 1. The van der Waals surface area contributed by atoms with Crippen LogP contribution in [0.3, 0.4) is 0 Å². The Balaban J connectivity index is 2.41. The minimum Gasteiger partial charge on any atom is -0.496 e. The summed E-state index contributed by atoms with van der Waals surface area (Å²) >= 11 is 0. The summed E-state index contributed by atoms with van der Waals surface area (Å²) in [6, 6.07) is 14.1. The number of Topliss-reactive ketones (excluding diaryl/α,β-unsaturated/α-hetero) is 1. The molecule has 0 aliphatic heterocycles. The first kappa shape index (κ1) is 19.1. The second-order valence-electron chi connectivity index (χ2n) is 5.27. The van der Waals surface area contributed by atoms with Crippen molar-refractivity contribution >= 4 is 11.9 Å². The van der Waals surface area contributed by atoms with Crippen LogP contribution < -0.4 is 14.2 Å². The lowest BCUT2D eigenvalue weighted by Gasteiger charge is -2.11. The molecule has 0 radical (unpaired) electrons. The number of ether oxygens (including phenoxy) is 3. The van der Waals surface area contributed by atoms with E-state index in [0.29, 0.717) is 41.6 Å². The second-order valence-corrected chi connectivity index (χ2v) is 5.27. The molecule has 2 rings (SSSR count). The predicted molar refractivity (Wildman–Crippen MR) is 99.7 cm³/mol. The number of nitrogens with zero attached hydrogens (tertiary/aromatic N) is 1. The van der Waals surface area contributed by atoms with Crippen LogP contribution in [0.4, 0.5) is 0 Å².